The summed E-state index contributed by atoms with van der Waals surface area (Å²) in [5.41, 5.74) is 1.56. The summed E-state index contributed by atoms with van der Waals surface area (Å²) in [6.07, 6.45) is 3.08. The number of hydrogen-bond donors (Lipinski definition) is 0. The second-order valence-electron chi connectivity index (χ2n) is 8.48. The van der Waals surface area contributed by atoms with Crippen molar-refractivity contribution in [2.24, 2.45) is 11.8 Å². The van der Waals surface area contributed by atoms with Crippen molar-refractivity contribution < 1.29 is 19.2 Å². The first kappa shape index (κ1) is 22.9. The molecule has 0 aromatic heterocycles. The number of Topliss-reactive ketones (excluding diaryl/α,β-unsaturated/α-hetero) is 1. The number of fused-ring (bicyclic) bond motifs is 1. The van der Waals surface area contributed by atoms with E-state index in [1.54, 1.807) is 55.5 Å². The standard InChI is InChI=1S/C26H25ClN2O4/c1-3-22(23(30)17-9-5-4-6-10-17)28(25(32)19-11-7-8-12-21(19)27)29-24(31)18-14-13-16(2)15-20(18)26(29)33/h4-13,18,20,22H,3,14-15H2,1-2H3/t18-,20+,22+/m0/s1. The van der Waals surface area contributed by atoms with Crippen molar-refractivity contribution in [1.82, 2.24) is 10.0 Å². The van der Waals surface area contributed by atoms with Crippen LogP contribution in [0.15, 0.2) is 66.2 Å². The Kier molecular flexibility index (Phi) is 6.47. The van der Waals surface area contributed by atoms with Crippen LogP contribution < -0.4 is 0 Å². The number of hydrogen-bond acceptors (Lipinski definition) is 4. The zero-order valence-electron chi connectivity index (χ0n) is 18.5. The molecule has 6 nitrogen and oxygen atoms in total. The van der Waals surface area contributed by atoms with Crippen molar-refractivity contribution in [3.8, 4) is 0 Å². The van der Waals surface area contributed by atoms with Gasteiger partial charge in [0.15, 0.2) is 5.78 Å². The zero-order chi connectivity index (χ0) is 23.7. The van der Waals surface area contributed by atoms with Crippen molar-refractivity contribution in [2.45, 2.75) is 39.2 Å². The minimum Gasteiger partial charge on any atom is -0.292 e. The third-order valence-corrected chi connectivity index (χ3v) is 6.70. The average Bonchev–Trinajstić information content (AvgIpc) is 3.06. The number of amides is 3. The molecule has 1 aliphatic carbocycles. The molecule has 0 saturated carbocycles. The quantitative estimate of drug-likeness (QED) is 0.353. The molecule has 3 amide bonds. The molecular weight excluding hydrogens is 440 g/mol. The minimum atomic E-state index is -1.04. The van der Waals surface area contributed by atoms with Crippen molar-refractivity contribution in [3.05, 3.63) is 82.4 Å². The summed E-state index contributed by atoms with van der Waals surface area (Å²) < 4.78 is 0. The van der Waals surface area contributed by atoms with Gasteiger partial charge in [0.1, 0.15) is 6.04 Å². The van der Waals surface area contributed by atoms with Crippen LogP contribution in [0.3, 0.4) is 0 Å². The molecule has 1 heterocycles. The molecule has 2 aliphatic rings. The molecular formula is C26H25ClN2O4. The van der Waals surface area contributed by atoms with Crippen molar-refractivity contribution >= 4 is 35.1 Å². The fraction of sp³-hybridized carbons (Fsp3) is 0.308. The third-order valence-electron chi connectivity index (χ3n) is 6.37. The van der Waals surface area contributed by atoms with E-state index < -0.39 is 35.6 Å². The van der Waals surface area contributed by atoms with E-state index >= 15 is 0 Å². The molecule has 0 unspecified atom stereocenters. The molecule has 0 bridgehead atoms. The average molecular weight is 465 g/mol. The topological polar surface area (TPSA) is 74.8 Å². The fourth-order valence-electron chi connectivity index (χ4n) is 4.63. The molecule has 2 aromatic carbocycles. The normalized spacial score (nSPS) is 20.8. The van der Waals surface area contributed by atoms with Gasteiger partial charge >= 0.3 is 0 Å². The molecule has 0 N–H and O–H groups in total. The van der Waals surface area contributed by atoms with Gasteiger partial charge in [0.05, 0.1) is 22.4 Å². The molecule has 3 atom stereocenters. The van der Waals surface area contributed by atoms with Crippen LogP contribution in [-0.4, -0.2) is 39.6 Å². The van der Waals surface area contributed by atoms with Gasteiger partial charge in [-0.05, 0) is 38.3 Å². The number of nitrogens with zero attached hydrogens (tertiary/aromatic N) is 2. The van der Waals surface area contributed by atoms with Crippen LogP contribution in [0.1, 0.15) is 53.8 Å². The van der Waals surface area contributed by atoms with Crippen molar-refractivity contribution in [1.29, 1.82) is 0 Å². The molecule has 0 radical (unpaired) electrons. The van der Waals surface area contributed by atoms with E-state index in [9.17, 15) is 19.2 Å². The zero-order valence-corrected chi connectivity index (χ0v) is 19.3. The Labute approximate surface area is 197 Å². The van der Waals surface area contributed by atoms with Gasteiger partial charge in [-0.1, -0.05) is 72.6 Å². The monoisotopic (exact) mass is 464 g/mol. The number of rotatable bonds is 6. The second kappa shape index (κ2) is 9.32. The number of halogens is 1. The summed E-state index contributed by atoms with van der Waals surface area (Å²) in [7, 11) is 0. The third kappa shape index (κ3) is 4.11. The Morgan fingerprint density at radius 2 is 1.67 bits per heavy atom. The maximum atomic E-state index is 13.8. The first-order chi connectivity index (χ1) is 15.8. The number of benzene rings is 2. The number of allylic oxidation sites excluding steroid dienone is 2. The minimum absolute atomic E-state index is 0.128. The van der Waals surface area contributed by atoms with Crippen LogP contribution in [0.5, 0.6) is 0 Å². The maximum absolute atomic E-state index is 13.8. The van der Waals surface area contributed by atoms with Gasteiger partial charge in [-0.3, -0.25) is 19.2 Å². The van der Waals surface area contributed by atoms with Crippen LogP contribution in [0, 0.1) is 11.8 Å². The molecule has 1 fully saturated rings. The summed E-state index contributed by atoms with van der Waals surface area (Å²) in [4.78, 5) is 54.2. The Morgan fingerprint density at radius 3 is 2.33 bits per heavy atom. The molecule has 33 heavy (non-hydrogen) atoms. The molecule has 2 aromatic rings. The molecule has 1 saturated heterocycles. The molecule has 170 valence electrons. The van der Waals surface area contributed by atoms with Crippen molar-refractivity contribution in [3.63, 3.8) is 0 Å². The Hall–Kier alpha value is -3.25. The lowest BCUT2D eigenvalue weighted by Gasteiger charge is -2.36. The summed E-state index contributed by atoms with van der Waals surface area (Å²) in [6, 6.07) is 14.0. The lowest BCUT2D eigenvalue weighted by atomic mass is 9.82. The van der Waals surface area contributed by atoms with Gasteiger partial charge in [-0.15, -0.1) is 0 Å². The van der Waals surface area contributed by atoms with Gasteiger partial charge in [0.25, 0.3) is 17.7 Å². The first-order valence-electron chi connectivity index (χ1n) is 11.1. The lowest BCUT2D eigenvalue weighted by molar-refractivity contribution is -0.156. The maximum Gasteiger partial charge on any atom is 0.275 e. The van der Waals surface area contributed by atoms with Gasteiger partial charge in [0.2, 0.25) is 0 Å². The highest BCUT2D eigenvalue weighted by Gasteiger charge is 2.53. The molecule has 0 spiro atoms. The van der Waals surface area contributed by atoms with Crippen molar-refractivity contribution in [2.75, 3.05) is 0 Å². The SMILES string of the molecule is CC[C@H](C(=O)c1ccccc1)N(C(=O)c1ccccc1Cl)N1C(=O)[C@H]2CC=C(C)C[C@H]2C1=O. The highest BCUT2D eigenvalue weighted by molar-refractivity contribution is 6.34. The molecule has 4 rings (SSSR count). The summed E-state index contributed by atoms with van der Waals surface area (Å²) >= 11 is 6.30. The van der Waals surface area contributed by atoms with Crippen LogP contribution in [0.4, 0.5) is 0 Å². The van der Waals surface area contributed by atoms with Crippen LogP contribution in [-0.2, 0) is 9.59 Å². The van der Waals surface area contributed by atoms with E-state index in [2.05, 4.69) is 0 Å². The van der Waals surface area contributed by atoms with E-state index in [1.165, 1.54) is 6.07 Å². The molecule has 7 heteroatoms. The summed E-state index contributed by atoms with van der Waals surface area (Å²) in [5.74, 6) is -2.96. The lowest BCUT2D eigenvalue weighted by Crippen LogP contribution is -2.57. The van der Waals surface area contributed by atoms with Crippen LogP contribution >= 0.6 is 11.6 Å². The largest absolute Gasteiger partial charge is 0.292 e. The number of hydrazine groups is 1. The van der Waals surface area contributed by atoms with Gasteiger partial charge in [0, 0.05) is 5.56 Å². The summed E-state index contributed by atoms with van der Waals surface area (Å²) in [5, 5.41) is 2.15. The van der Waals surface area contributed by atoms with E-state index in [0.29, 0.717) is 18.4 Å². The first-order valence-corrected chi connectivity index (χ1v) is 11.4. The predicted molar refractivity (Wildman–Crippen MR) is 124 cm³/mol. The Morgan fingerprint density at radius 1 is 1.03 bits per heavy atom. The highest BCUT2D eigenvalue weighted by atomic mass is 35.5. The van der Waals surface area contributed by atoms with Crippen LogP contribution in [0.2, 0.25) is 5.02 Å². The van der Waals surface area contributed by atoms with Gasteiger partial charge < -0.3 is 0 Å². The Balaban J connectivity index is 1.80. The highest BCUT2D eigenvalue weighted by Crippen LogP contribution is 2.39. The Bertz CT molecular complexity index is 1140. The molecule has 1 aliphatic heterocycles. The number of carbonyl (C=O) groups is 4. The number of ketones is 1. The smallest absolute Gasteiger partial charge is 0.275 e. The number of carbonyl (C=O) groups excluding carboxylic acids is 4. The van der Waals surface area contributed by atoms with Crippen LogP contribution in [0.25, 0.3) is 0 Å². The predicted octanol–water partition coefficient (Wildman–Crippen LogP) is 4.70. The van der Waals surface area contributed by atoms with Gasteiger partial charge in [-0.2, -0.15) is 5.01 Å². The van der Waals surface area contributed by atoms with E-state index in [1.807, 2.05) is 13.0 Å². The van der Waals surface area contributed by atoms with E-state index in [0.717, 1.165) is 15.6 Å². The van der Waals surface area contributed by atoms with E-state index in [4.69, 9.17) is 11.6 Å². The number of imide groups is 1. The summed E-state index contributed by atoms with van der Waals surface area (Å²) in [6.45, 7) is 3.68. The second-order valence-corrected chi connectivity index (χ2v) is 8.88. The van der Waals surface area contributed by atoms with Gasteiger partial charge in [-0.25, -0.2) is 5.01 Å². The fourth-order valence-corrected chi connectivity index (χ4v) is 4.84. The van der Waals surface area contributed by atoms with E-state index in [-0.39, 0.29) is 22.8 Å².